The van der Waals surface area contributed by atoms with Crippen LogP contribution in [0.4, 0.5) is 18.9 Å². The van der Waals surface area contributed by atoms with E-state index < -0.39 is 17.7 Å². The lowest BCUT2D eigenvalue weighted by molar-refractivity contribution is -0.112. The molecule has 3 aromatic rings. The van der Waals surface area contributed by atoms with Crippen molar-refractivity contribution in [2.24, 2.45) is 0 Å². The van der Waals surface area contributed by atoms with Crippen molar-refractivity contribution in [3.8, 4) is 11.5 Å². The Morgan fingerprint density at radius 3 is 2.39 bits per heavy atom. The number of nitrogens with zero attached hydrogens (tertiary/aromatic N) is 1. The maximum absolute atomic E-state index is 13.4. The highest BCUT2D eigenvalue weighted by Crippen LogP contribution is 2.33. The highest BCUT2D eigenvalue weighted by molar-refractivity contribution is 6.04. The molecule has 0 aliphatic rings. The molecule has 28 heavy (non-hydrogen) atoms. The van der Waals surface area contributed by atoms with Gasteiger partial charge in [-0.2, -0.15) is 13.2 Å². The minimum Gasteiger partial charge on any atom is -0.441 e. The molecule has 3 rings (SSSR count). The van der Waals surface area contributed by atoms with E-state index in [2.05, 4.69) is 10.3 Å². The number of rotatable bonds is 4. The van der Waals surface area contributed by atoms with Crippen LogP contribution in [-0.4, -0.2) is 17.1 Å². The summed E-state index contributed by atoms with van der Waals surface area (Å²) in [6.07, 6.45) is -4.10. The summed E-state index contributed by atoms with van der Waals surface area (Å²) in [5, 5.41) is 2.46. The summed E-state index contributed by atoms with van der Waals surface area (Å²) >= 11 is 0. The Morgan fingerprint density at radius 1 is 1.07 bits per heavy atom. The second-order valence-corrected chi connectivity index (χ2v) is 6.15. The second-order valence-electron chi connectivity index (χ2n) is 6.15. The summed E-state index contributed by atoms with van der Waals surface area (Å²) in [7, 11) is 0. The Labute approximate surface area is 159 Å². The summed E-state index contributed by atoms with van der Waals surface area (Å²) in [4.78, 5) is 16.5. The van der Waals surface area contributed by atoms with Crippen LogP contribution in [0, 0.1) is 13.8 Å². The van der Waals surface area contributed by atoms with Crippen LogP contribution in [0.5, 0.6) is 0 Å². The maximum Gasteiger partial charge on any atom is 0.417 e. The number of halogens is 3. The quantitative estimate of drug-likeness (QED) is 0.599. The average Bonchev–Trinajstić information content (AvgIpc) is 2.99. The zero-order valence-corrected chi connectivity index (χ0v) is 15.2. The first-order valence-electron chi connectivity index (χ1n) is 8.44. The zero-order chi connectivity index (χ0) is 20.3. The van der Waals surface area contributed by atoms with Gasteiger partial charge in [-0.25, -0.2) is 4.98 Å². The minimum absolute atomic E-state index is 0.0790. The van der Waals surface area contributed by atoms with E-state index in [0.29, 0.717) is 29.0 Å². The van der Waals surface area contributed by atoms with Crippen molar-refractivity contribution >= 4 is 17.2 Å². The summed E-state index contributed by atoms with van der Waals surface area (Å²) in [5.74, 6) is 0.167. The van der Waals surface area contributed by atoms with E-state index >= 15 is 0 Å². The first kappa shape index (κ1) is 19.4. The number of benzene rings is 2. The number of allylic oxidation sites excluding steroid dienone is 1. The van der Waals surface area contributed by atoms with E-state index in [-0.39, 0.29) is 5.56 Å². The molecule has 0 unspecified atom stereocenters. The van der Waals surface area contributed by atoms with Gasteiger partial charge in [-0.1, -0.05) is 36.4 Å². The van der Waals surface area contributed by atoms with E-state index in [9.17, 15) is 18.0 Å². The molecule has 7 heteroatoms. The third kappa shape index (κ3) is 4.49. The Bertz CT molecular complexity index is 1000. The lowest BCUT2D eigenvalue weighted by Gasteiger charge is -2.12. The summed E-state index contributed by atoms with van der Waals surface area (Å²) in [5.41, 5.74) is 0.592. The molecule has 2 aromatic carbocycles. The molecule has 0 radical (unpaired) electrons. The largest absolute Gasteiger partial charge is 0.441 e. The van der Waals surface area contributed by atoms with Gasteiger partial charge in [-0.15, -0.1) is 0 Å². The first-order valence-corrected chi connectivity index (χ1v) is 8.44. The van der Waals surface area contributed by atoms with Crippen molar-refractivity contribution in [2.75, 3.05) is 5.32 Å². The van der Waals surface area contributed by atoms with E-state index in [1.54, 1.807) is 44.2 Å². The van der Waals surface area contributed by atoms with Crippen LogP contribution < -0.4 is 5.32 Å². The van der Waals surface area contributed by atoms with Crippen molar-refractivity contribution in [1.82, 2.24) is 4.98 Å². The molecular formula is C21H17F3N2O2. The van der Waals surface area contributed by atoms with Crippen LogP contribution in [0.25, 0.3) is 17.0 Å². The fraction of sp³-hybridized carbons (Fsp3) is 0.143. The number of nitrogens with one attached hydrogen (secondary N) is 1. The minimum atomic E-state index is -4.66. The number of amides is 1. The summed E-state index contributed by atoms with van der Waals surface area (Å²) in [6.45, 7) is 3.59. The molecule has 1 heterocycles. The summed E-state index contributed by atoms with van der Waals surface area (Å²) < 4.78 is 45.6. The highest BCUT2D eigenvalue weighted by Gasteiger charge is 2.35. The number of carbonyl (C=O) groups is 1. The molecule has 0 saturated carbocycles. The summed E-state index contributed by atoms with van der Waals surface area (Å²) in [6, 6.07) is 13.7. The van der Waals surface area contributed by atoms with Gasteiger partial charge in [-0.05, 0) is 37.6 Å². The number of carbonyl (C=O) groups excluding carboxylic acids is 1. The SMILES string of the molecule is Cc1nc(-c2cccc(NC(=O)/C=C(/c3ccccc3)C(F)(F)F)c2)oc1C. The standard InChI is InChI=1S/C21H17F3N2O2/c1-13-14(2)28-20(25-13)16-9-6-10-17(11-16)26-19(27)12-18(21(22,23)24)15-7-4-3-5-8-15/h3-12H,1-2H3,(H,26,27)/b18-12-. The van der Waals surface area contributed by atoms with Crippen molar-refractivity contribution in [3.63, 3.8) is 0 Å². The van der Waals surface area contributed by atoms with Gasteiger partial charge in [0.1, 0.15) is 5.76 Å². The third-order valence-electron chi connectivity index (χ3n) is 4.07. The fourth-order valence-electron chi connectivity index (χ4n) is 2.58. The Balaban J connectivity index is 1.86. The van der Waals surface area contributed by atoms with Gasteiger partial charge in [0, 0.05) is 17.3 Å². The van der Waals surface area contributed by atoms with Crippen LogP contribution in [0.3, 0.4) is 0 Å². The van der Waals surface area contributed by atoms with Gasteiger partial charge < -0.3 is 9.73 Å². The topological polar surface area (TPSA) is 55.1 Å². The van der Waals surface area contributed by atoms with Crippen molar-refractivity contribution < 1.29 is 22.4 Å². The highest BCUT2D eigenvalue weighted by atomic mass is 19.4. The molecule has 1 N–H and O–H groups in total. The molecule has 0 spiro atoms. The van der Waals surface area contributed by atoms with Gasteiger partial charge in [0.05, 0.1) is 11.3 Å². The molecule has 144 valence electrons. The molecule has 0 aliphatic carbocycles. The number of aryl methyl sites for hydroxylation is 2. The molecule has 1 amide bonds. The molecule has 0 aliphatic heterocycles. The van der Waals surface area contributed by atoms with E-state index in [0.717, 1.165) is 5.69 Å². The molecule has 0 atom stereocenters. The molecule has 4 nitrogen and oxygen atoms in total. The molecular weight excluding hydrogens is 369 g/mol. The van der Waals surface area contributed by atoms with E-state index in [1.165, 1.54) is 24.3 Å². The normalized spacial score (nSPS) is 12.1. The lowest BCUT2D eigenvalue weighted by Crippen LogP contribution is -2.16. The van der Waals surface area contributed by atoms with Crippen molar-refractivity contribution in [2.45, 2.75) is 20.0 Å². The van der Waals surface area contributed by atoms with E-state index in [4.69, 9.17) is 4.42 Å². The number of hydrogen-bond acceptors (Lipinski definition) is 3. The predicted molar refractivity (Wildman–Crippen MR) is 101 cm³/mol. The van der Waals surface area contributed by atoms with Crippen LogP contribution in [0.2, 0.25) is 0 Å². The fourth-order valence-corrected chi connectivity index (χ4v) is 2.58. The van der Waals surface area contributed by atoms with Gasteiger partial charge in [-0.3, -0.25) is 4.79 Å². The van der Waals surface area contributed by atoms with Crippen molar-refractivity contribution in [3.05, 3.63) is 77.7 Å². The van der Waals surface area contributed by atoms with Gasteiger partial charge in [0.25, 0.3) is 0 Å². The first-order chi connectivity index (χ1) is 13.2. The Hall–Kier alpha value is -3.35. The van der Waals surface area contributed by atoms with Gasteiger partial charge >= 0.3 is 6.18 Å². The number of oxazole rings is 1. The van der Waals surface area contributed by atoms with Crippen LogP contribution in [0.15, 0.2) is 65.1 Å². The number of aromatic nitrogens is 1. The average molecular weight is 386 g/mol. The number of anilines is 1. The zero-order valence-electron chi connectivity index (χ0n) is 15.2. The molecule has 0 bridgehead atoms. The van der Waals surface area contributed by atoms with Crippen molar-refractivity contribution in [1.29, 1.82) is 0 Å². The smallest absolute Gasteiger partial charge is 0.417 e. The Kier molecular flexibility index (Phi) is 5.35. The Morgan fingerprint density at radius 2 is 1.79 bits per heavy atom. The van der Waals surface area contributed by atoms with Gasteiger partial charge in [0.2, 0.25) is 11.8 Å². The second kappa shape index (κ2) is 7.72. The molecule has 0 fully saturated rings. The van der Waals surface area contributed by atoms with Crippen LogP contribution in [0.1, 0.15) is 17.0 Å². The number of hydrogen-bond donors (Lipinski definition) is 1. The van der Waals surface area contributed by atoms with Crippen LogP contribution >= 0.6 is 0 Å². The molecule has 1 aromatic heterocycles. The maximum atomic E-state index is 13.4. The lowest BCUT2D eigenvalue weighted by atomic mass is 10.1. The predicted octanol–water partition coefficient (Wildman–Crippen LogP) is 5.54. The van der Waals surface area contributed by atoms with Crippen LogP contribution in [-0.2, 0) is 4.79 Å². The number of alkyl halides is 3. The third-order valence-corrected chi connectivity index (χ3v) is 4.07. The van der Waals surface area contributed by atoms with E-state index in [1.807, 2.05) is 0 Å². The monoisotopic (exact) mass is 386 g/mol. The van der Waals surface area contributed by atoms with Gasteiger partial charge in [0.15, 0.2) is 0 Å². The molecule has 0 saturated heterocycles.